The lowest BCUT2D eigenvalue weighted by molar-refractivity contribution is 0.0479. The molecule has 2 aromatic rings. The van der Waals surface area contributed by atoms with Crippen LogP contribution in [0.5, 0.6) is 0 Å². The number of pyridine rings is 1. The highest BCUT2D eigenvalue weighted by Crippen LogP contribution is 2.34. The Bertz CT molecular complexity index is 621. The standard InChI is InChI=1S/C13H17N3O2S/c1-13(2,7-17)16(3)12(18)11-10(14)8-4-5-15-6-9(8)19-11/h4-6,17H,7,14H2,1-3H3. The Labute approximate surface area is 115 Å². The summed E-state index contributed by atoms with van der Waals surface area (Å²) < 4.78 is 0.888. The van der Waals surface area contributed by atoms with Gasteiger partial charge >= 0.3 is 0 Å². The third-order valence-corrected chi connectivity index (χ3v) is 4.47. The molecule has 0 aliphatic carbocycles. The van der Waals surface area contributed by atoms with E-state index in [2.05, 4.69) is 4.98 Å². The normalized spacial score (nSPS) is 11.8. The molecule has 0 atom stereocenters. The zero-order valence-corrected chi connectivity index (χ0v) is 12.0. The predicted molar refractivity (Wildman–Crippen MR) is 77.3 cm³/mol. The van der Waals surface area contributed by atoms with Crippen LogP contribution in [0, 0.1) is 0 Å². The van der Waals surface area contributed by atoms with Crippen LogP contribution in [-0.2, 0) is 0 Å². The summed E-state index contributed by atoms with van der Waals surface area (Å²) in [6, 6.07) is 1.80. The number of amides is 1. The fourth-order valence-corrected chi connectivity index (χ4v) is 2.73. The van der Waals surface area contributed by atoms with Gasteiger partial charge in [-0.1, -0.05) is 0 Å². The summed E-state index contributed by atoms with van der Waals surface area (Å²) in [6.45, 7) is 3.49. The van der Waals surface area contributed by atoms with Gasteiger partial charge in [0.2, 0.25) is 0 Å². The number of thiophene rings is 1. The molecular formula is C13H17N3O2S. The minimum Gasteiger partial charge on any atom is -0.397 e. The first-order chi connectivity index (χ1) is 8.88. The molecule has 0 aromatic carbocycles. The number of hydrogen-bond donors (Lipinski definition) is 2. The predicted octanol–water partition coefficient (Wildman–Crippen LogP) is 1.72. The Balaban J connectivity index is 2.45. The summed E-state index contributed by atoms with van der Waals surface area (Å²) in [6.07, 6.45) is 3.35. The Kier molecular flexibility index (Phi) is 3.47. The van der Waals surface area contributed by atoms with Crippen molar-refractivity contribution in [2.45, 2.75) is 19.4 Å². The van der Waals surface area contributed by atoms with Crippen LogP contribution < -0.4 is 5.73 Å². The van der Waals surface area contributed by atoms with Crippen LogP contribution in [0.2, 0.25) is 0 Å². The Hall–Kier alpha value is -1.66. The minimum absolute atomic E-state index is 0.110. The smallest absolute Gasteiger partial charge is 0.266 e. The van der Waals surface area contributed by atoms with Gasteiger partial charge in [0.25, 0.3) is 5.91 Å². The number of fused-ring (bicyclic) bond motifs is 1. The Morgan fingerprint density at radius 2 is 2.26 bits per heavy atom. The van der Waals surface area contributed by atoms with Crippen molar-refractivity contribution in [3.8, 4) is 0 Å². The first-order valence-corrected chi connectivity index (χ1v) is 6.71. The topological polar surface area (TPSA) is 79.5 Å². The van der Waals surface area contributed by atoms with E-state index in [0.717, 1.165) is 10.1 Å². The Morgan fingerprint density at radius 3 is 2.84 bits per heavy atom. The van der Waals surface area contributed by atoms with E-state index >= 15 is 0 Å². The second kappa shape index (κ2) is 4.79. The average Bonchev–Trinajstić information content (AvgIpc) is 2.75. The van der Waals surface area contributed by atoms with Crippen molar-refractivity contribution in [1.29, 1.82) is 0 Å². The molecule has 0 bridgehead atoms. The molecule has 0 radical (unpaired) electrons. The van der Waals surface area contributed by atoms with E-state index in [1.807, 2.05) is 0 Å². The summed E-state index contributed by atoms with van der Waals surface area (Å²) in [4.78, 5) is 18.5. The van der Waals surface area contributed by atoms with Gasteiger partial charge in [-0.05, 0) is 19.9 Å². The van der Waals surface area contributed by atoms with Crippen molar-refractivity contribution in [1.82, 2.24) is 9.88 Å². The number of hydrogen-bond acceptors (Lipinski definition) is 5. The van der Waals surface area contributed by atoms with Crippen LogP contribution in [0.15, 0.2) is 18.5 Å². The van der Waals surface area contributed by atoms with Gasteiger partial charge in [0.1, 0.15) is 4.88 Å². The van der Waals surface area contributed by atoms with Crippen LogP contribution in [0.1, 0.15) is 23.5 Å². The first kappa shape index (κ1) is 13.8. The molecule has 0 aliphatic heterocycles. The van der Waals surface area contributed by atoms with Gasteiger partial charge in [-0.25, -0.2) is 0 Å². The van der Waals surface area contributed by atoms with E-state index in [9.17, 15) is 9.90 Å². The number of aromatic nitrogens is 1. The fraction of sp³-hybridized carbons (Fsp3) is 0.385. The lowest BCUT2D eigenvalue weighted by Gasteiger charge is -2.33. The van der Waals surface area contributed by atoms with Crippen molar-refractivity contribution < 1.29 is 9.90 Å². The molecular weight excluding hydrogens is 262 g/mol. The lowest BCUT2D eigenvalue weighted by atomic mass is 10.0. The highest BCUT2D eigenvalue weighted by Gasteiger charge is 2.30. The molecule has 3 N–H and O–H groups in total. The number of nitrogen functional groups attached to an aromatic ring is 1. The van der Waals surface area contributed by atoms with E-state index in [-0.39, 0.29) is 12.5 Å². The minimum atomic E-state index is -0.627. The Morgan fingerprint density at radius 1 is 1.58 bits per heavy atom. The lowest BCUT2D eigenvalue weighted by Crippen LogP contribution is -2.47. The van der Waals surface area contributed by atoms with Crippen LogP contribution in [0.25, 0.3) is 10.1 Å². The molecule has 102 valence electrons. The van der Waals surface area contributed by atoms with Gasteiger partial charge in [0.15, 0.2) is 0 Å². The van der Waals surface area contributed by atoms with Gasteiger partial charge in [-0.3, -0.25) is 9.78 Å². The van der Waals surface area contributed by atoms with E-state index in [0.29, 0.717) is 10.6 Å². The maximum atomic E-state index is 12.5. The van der Waals surface area contributed by atoms with E-state index in [1.165, 1.54) is 16.2 Å². The molecule has 5 nitrogen and oxygen atoms in total. The number of nitrogens with two attached hydrogens (primary N) is 1. The molecule has 2 rings (SSSR count). The fourth-order valence-electron chi connectivity index (χ4n) is 1.66. The van der Waals surface area contributed by atoms with Gasteiger partial charge < -0.3 is 15.7 Å². The number of carbonyl (C=O) groups is 1. The monoisotopic (exact) mass is 279 g/mol. The van der Waals surface area contributed by atoms with Crippen LogP contribution in [0.3, 0.4) is 0 Å². The van der Waals surface area contributed by atoms with Crippen molar-refractivity contribution in [3.05, 3.63) is 23.3 Å². The van der Waals surface area contributed by atoms with Gasteiger partial charge in [-0.2, -0.15) is 0 Å². The number of likely N-dealkylation sites (N-methyl/N-ethyl adjacent to an activating group) is 1. The largest absolute Gasteiger partial charge is 0.397 e. The molecule has 0 saturated heterocycles. The summed E-state index contributed by atoms with van der Waals surface area (Å²) >= 11 is 1.33. The molecule has 0 spiro atoms. The van der Waals surface area contributed by atoms with Gasteiger partial charge in [0, 0.05) is 24.8 Å². The number of anilines is 1. The summed E-state index contributed by atoms with van der Waals surface area (Å²) in [7, 11) is 1.67. The van der Waals surface area contributed by atoms with Crippen molar-refractivity contribution >= 4 is 33.0 Å². The summed E-state index contributed by atoms with van der Waals surface area (Å²) in [5.74, 6) is -0.183. The number of aliphatic hydroxyl groups is 1. The van der Waals surface area contributed by atoms with E-state index in [4.69, 9.17) is 5.73 Å². The maximum Gasteiger partial charge on any atom is 0.266 e. The molecule has 0 fully saturated rings. The van der Waals surface area contributed by atoms with Crippen molar-refractivity contribution in [3.63, 3.8) is 0 Å². The summed E-state index contributed by atoms with van der Waals surface area (Å²) in [5, 5.41) is 10.2. The van der Waals surface area contributed by atoms with Crippen LogP contribution in [-0.4, -0.2) is 40.1 Å². The molecule has 0 unspecified atom stereocenters. The molecule has 19 heavy (non-hydrogen) atoms. The molecule has 0 saturated carbocycles. The van der Waals surface area contributed by atoms with Crippen LogP contribution >= 0.6 is 11.3 Å². The van der Waals surface area contributed by atoms with E-state index < -0.39 is 5.54 Å². The van der Waals surface area contributed by atoms with Crippen LogP contribution in [0.4, 0.5) is 5.69 Å². The zero-order chi connectivity index (χ0) is 14.2. The number of rotatable bonds is 3. The first-order valence-electron chi connectivity index (χ1n) is 5.89. The highest BCUT2D eigenvalue weighted by atomic mass is 32.1. The molecule has 1 amide bonds. The van der Waals surface area contributed by atoms with Crippen molar-refractivity contribution in [2.24, 2.45) is 0 Å². The highest BCUT2D eigenvalue weighted by molar-refractivity contribution is 7.21. The number of carbonyl (C=O) groups excluding carboxylic acids is 1. The van der Waals surface area contributed by atoms with Gasteiger partial charge in [-0.15, -0.1) is 11.3 Å². The van der Waals surface area contributed by atoms with Crippen molar-refractivity contribution in [2.75, 3.05) is 19.4 Å². The van der Waals surface area contributed by atoms with Gasteiger partial charge in [0.05, 0.1) is 22.5 Å². The van der Waals surface area contributed by atoms with E-state index in [1.54, 1.807) is 39.4 Å². The average molecular weight is 279 g/mol. The third kappa shape index (κ3) is 2.29. The SMILES string of the molecule is CN(C(=O)c1sc2cnccc2c1N)C(C)(C)CO. The molecule has 0 aliphatic rings. The second-order valence-corrected chi connectivity index (χ2v) is 6.10. The molecule has 2 heterocycles. The quantitative estimate of drug-likeness (QED) is 0.896. The third-order valence-electron chi connectivity index (χ3n) is 3.33. The number of aliphatic hydroxyl groups excluding tert-OH is 1. The zero-order valence-electron chi connectivity index (χ0n) is 11.2. The summed E-state index contributed by atoms with van der Waals surface area (Å²) in [5.41, 5.74) is 5.89. The molecule has 6 heteroatoms. The second-order valence-electron chi connectivity index (χ2n) is 5.05. The maximum absolute atomic E-state index is 12.5. The number of nitrogens with zero attached hydrogens (tertiary/aromatic N) is 2. The molecule has 2 aromatic heterocycles.